The fourth-order valence-corrected chi connectivity index (χ4v) is 3.66. The van der Waals surface area contributed by atoms with Gasteiger partial charge in [0.25, 0.3) is 5.56 Å². The monoisotopic (exact) mass is 413 g/mol. The Hall–Kier alpha value is -3.50. The summed E-state index contributed by atoms with van der Waals surface area (Å²) < 4.78 is 9.72. The lowest BCUT2D eigenvalue weighted by atomic mass is 10.1. The number of amides is 1. The lowest BCUT2D eigenvalue weighted by molar-refractivity contribution is -0.133. The molecule has 158 valence electrons. The average molecular weight is 413 g/mol. The molecular formula is C19H23N7O4. The number of carbonyl (C=O) groups is 1. The van der Waals surface area contributed by atoms with Crippen LogP contribution in [0.3, 0.4) is 0 Å². The van der Waals surface area contributed by atoms with Crippen LogP contribution in [-0.4, -0.2) is 58.7 Å². The Kier molecular flexibility index (Phi) is 5.10. The molecule has 0 atom stereocenters. The smallest absolute Gasteiger partial charge is 0.332 e. The van der Waals surface area contributed by atoms with Crippen molar-refractivity contribution in [1.82, 2.24) is 33.6 Å². The van der Waals surface area contributed by atoms with E-state index in [9.17, 15) is 14.4 Å². The number of hydrogen-bond acceptors (Lipinski definition) is 7. The first kappa shape index (κ1) is 19.8. The summed E-state index contributed by atoms with van der Waals surface area (Å²) in [6.07, 6.45) is 4.45. The molecule has 30 heavy (non-hydrogen) atoms. The molecule has 0 bridgehead atoms. The normalized spacial score (nSPS) is 15.0. The van der Waals surface area contributed by atoms with Gasteiger partial charge in [-0.05, 0) is 6.92 Å². The van der Waals surface area contributed by atoms with Crippen molar-refractivity contribution in [3.8, 4) is 5.88 Å². The number of fused-ring (bicyclic) bond motifs is 1. The van der Waals surface area contributed by atoms with Gasteiger partial charge in [-0.2, -0.15) is 4.98 Å². The Morgan fingerprint density at radius 3 is 2.60 bits per heavy atom. The second-order valence-corrected chi connectivity index (χ2v) is 7.39. The van der Waals surface area contributed by atoms with Crippen LogP contribution in [-0.2, 0) is 25.4 Å². The molecule has 3 aromatic heterocycles. The van der Waals surface area contributed by atoms with Crippen LogP contribution >= 0.6 is 0 Å². The topological polar surface area (TPSA) is 117 Å². The first-order chi connectivity index (χ1) is 14.3. The highest BCUT2D eigenvalue weighted by atomic mass is 16.5. The molecule has 0 spiro atoms. The van der Waals surface area contributed by atoms with E-state index in [2.05, 4.69) is 15.0 Å². The zero-order valence-corrected chi connectivity index (χ0v) is 17.1. The molecule has 1 saturated heterocycles. The van der Waals surface area contributed by atoms with Crippen molar-refractivity contribution in [3.05, 3.63) is 45.3 Å². The zero-order chi connectivity index (χ0) is 21.4. The van der Waals surface area contributed by atoms with Gasteiger partial charge in [0.1, 0.15) is 18.5 Å². The Morgan fingerprint density at radius 1 is 1.17 bits per heavy atom. The van der Waals surface area contributed by atoms with E-state index in [1.165, 1.54) is 22.5 Å². The molecular weight excluding hydrogens is 390 g/mol. The Balaban J connectivity index is 1.43. The number of rotatable bonds is 4. The summed E-state index contributed by atoms with van der Waals surface area (Å²) in [6.45, 7) is 2.90. The number of ether oxygens (including phenoxy) is 1. The lowest BCUT2D eigenvalue weighted by Crippen LogP contribution is -2.43. The maximum Gasteiger partial charge on any atom is 0.332 e. The molecule has 0 radical (unpaired) electrons. The summed E-state index contributed by atoms with van der Waals surface area (Å²) in [5.41, 5.74) is -0.413. The molecule has 0 aromatic carbocycles. The SMILES string of the molecule is Cc1nccc(OC2CCN(C(=O)Cn3cnc4c3c(=O)n(C)c(=O)n4C)CC2)n1. The van der Waals surface area contributed by atoms with Crippen molar-refractivity contribution in [3.63, 3.8) is 0 Å². The number of hydrogen-bond donors (Lipinski definition) is 0. The lowest BCUT2D eigenvalue weighted by Gasteiger charge is -2.32. The minimum absolute atomic E-state index is 0.0133. The zero-order valence-electron chi connectivity index (χ0n) is 17.1. The fraction of sp³-hybridized carbons (Fsp3) is 0.474. The fourth-order valence-electron chi connectivity index (χ4n) is 3.66. The maximum absolute atomic E-state index is 12.8. The Morgan fingerprint density at radius 2 is 1.90 bits per heavy atom. The third-order valence-corrected chi connectivity index (χ3v) is 5.36. The second-order valence-electron chi connectivity index (χ2n) is 7.39. The number of imidazole rings is 1. The van der Waals surface area contributed by atoms with Crippen LogP contribution in [0.15, 0.2) is 28.2 Å². The molecule has 1 amide bonds. The van der Waals surface area contributed by atoms with Crippen molar-refractivity contribution >= 4 is 17.1 Å². The molecule has 1 aliphatic rings. The van der Waals surface area contributed by atoms with Crippen molar-refractivity contribution in [2.45, 2.75) is 32.4 Å². The average Bonchev–Trinajstić information content (AvgIpc) is 3.15. The molecule has 0 N–H and O–H groups in total. The molecule has 0 aliphatic carbocycles. The van der Waals surface area contributed by atoms with Gasteiger partial charge < -0.3 is 14.2 Å². The molecule has 11 heteroatoms. The van der Waals surface area contributed by atoms with Gasteiger partial charge in [-0.1, -0.05) is 0 Å². The Labute approximate surface area is 171 Å². The first-order valence-electron chi connectivity index (χ1n) is 9.70. The largest absolute Gasteiger partial charge is 0.474 e. The van der Waals surface area contributed by atoms with Gasteiger partial charge >= 0.3 is 5.69 Å². The summed E-state index contributed by atoms with van der Waals surface area (Å²) in [5.74, 6) is 1.08. The van der Waals surface area contributed by atoms with Gasteiger partial charge in [-0.15, -0.1) is 0 Å². The number of carbonyl (C=O) groups excluding carboxylic acids is 1. The third-order valence-electron chi connectivity index (χ3n) is 5.36. The summed E-state index contributed by atoms with van der Waals surface area (Å²) in [5, 5.41) is 0. The van der Waals surface area contributed by atoms with E-state index in [4.69, 9.17) is 4.74 Å². The minimum Gasteiger partial charge on any atom is -0.474 e. The third kappa shape index (κ3) is 3.58. The quantitative estimate of drug-likeness (QED) is 0.571. The molecule has 1 aliphatic heterocycles. The van der Waals surface area contributed by atoms with Gasteiger partial charge in [-0.3, -0.25) is 18.7 Å². The Bertz CT molecular complexity index is 1220. The predicted molar refractivity (Wildman–Crippen MR) is 107 cm³/mol. The standard InChI is InChI=1S/C19H23N7O4/c1-12-20-7-4-14(22-12)30-13-5-8-25(9-6-13)15(27)10-26-11-21-17-16(26)18(28)24(3)19(29)23(17)2/h4,7,11,13H,5-6,8-10H2,1-3H3. The van der Waals surface area contributed by atoms with Gasteiger partial charge in [0.15, 0.2) is 11.2 Å². The van der Waals surface area contributed by atoms with Crippen LogP contribution in [0, 0.1) is 6.92 Å². The number of likely N-dealkylation sites (tertiary alicyclic amines) is 1. The second kappa shape index (κ2) is 7.73. The van der Waals surface area contributed by atoms with Crippen LogP contribution in [0.5, 0.6) is 5.88 Å². The van der Waals surface area contributed by atoms with E-state index in [-0.39, 0.29) is 29.7 Å². The van der Waals surface area contributed by atoms with E-state index in [1.54, 1.807) is 31.1 Å². The van der Waals surface area contributed by atoms with E-state index >= 15 is 0 Å². The summed E-state index contributed by atoms with van der Waals surface area (Å²) in [6, 6.07) is 1.72. The maximum atomic E-state index is 12.8. The highest BCUT2D eigenvalue weighted by Gasteiger charge is 2.25. The highest BCUT2D eigenvalue weighted by Crippen LogP contribution is 2.18. The van der Waals surface area contributed by atoms with E-state index in [1.807, 2.05) is 0 Å². The highest BCUT2D eigenvalue weighted by molar-refractivity contribution is 5.79. The van der Waals surface area contributed by atoms with Gasteiger partial charge in [-0.25, -0.2) is 14.8 Å². The number of piperidine rings is 1. The van der Waals surface area contributed by atoms with Crippen molar-refractivity contribution in [1.29, 1.82) is 0 Å². The minimum atomic E-state index is -0.467. The van der Waals surface area contributed by atoms with Gasteiger partial charge in [0, 0.05) is 52.3 Å². The predicted octanol–water partition coefficient (Wildman–Crippen LogP) is -0.398. The molecule has 4 rings (SSSR count). The first-order valence-corrected chi connectivity index (χ1v) is 9.70. The molecule has 1 fully saturated rings. The van der Waals surface area contributed by atoms with Crippen LogP contribution in [0.4, 0.5) is 0 Å². The van der Waals surface area contributed by atoms with E-state index < -0.39 is 11.2 Å². The van der Waals surface area contributed by atoms with Gasteiger partial charge in [0.05, 0.1) is 6.33 Å². The molecule has 0 saturated carbocycles. The van der Waals surface area contributed by atoms with E-state index in [0.717, 1.165) is 4.57 Å². The summed E-state index contributed by atoms with van der Waals surface area (Å²) in [4.78, 5) is 51.6. The van der Waals surface area contributed by atoms with Crippen LogP contribution in [0.25, 0.3) is 11.2 Å². The number of nitrogens with zero attached hydrogens (tertiary/aromatic N) is 7. The molecule has 4 heterocycles. The number of aryl methyl sites for hydroxylation is 2. The number of aromatic nitrogens is 6. The van der Waals surface area contributed by atoms with Crippen LogP contribution in [0.1, 0.15) is 18.7 Å². The molecule has 0 unspecified atom stereocenters. The molecule has 11 nitrogen and oxygen atoms in total. The van der Waals surface area contributed by atoms with E-state index in [0.29, 0.717) is 37.6 Å². The van der Waals surface area contributed by atoms with Gasteiger partial charge in [0.2, 0.25) is 11.8 Å². The van der Waals surface area contributed by atoms with Crippen molar-refractivity contribution in [2.75, 3.05) is 13.1 Å². The molecule has 3 aromatic rings. The summed E-state index contributed by atoms with van der Waals surface area (Å²) in [7, 11) is 2.96. The van der Waals surface area contributed by atoms with Crippen molar-refractivity contribution < 1.29 is 9.53 Å². The van der Waals surface area contributed by atoms with Crippen molar-refractivity contribution in [2.24, 2.45) is 14.1 Å². The summed E-state index contributed by atoms with van der Waals surface area (Å²) >= 11 is 0. The van der Waals surface area contributed by atoms with Crippen LogP contribution in [0.2, 0.25) is 0 Å². The van der Waals surface area contributed by atoms with Crippen LogP contribution < -0.4 is 16.0 Å².